The largest absolute Gasteiger partial charge is 0.357 e. The maximum absolute atomic E-state index is 12.1. The Morgan fingerprint density at radius 1 is 1.40 bits per heavy atom. The van der Waals surface area contributed by atoms with Gasteiger partial charge < -0.3 is 15.5 Å². The number of nitrogens with one attached hydrogen (secondary N) is 2. The first kappa shape index (κ1) is 19.7. The zero-order chi connectivity index (χ0) is 18.2. The standard InChI is InChI=1S/C18H31N5OS/c1-5-16-21-15(12-25-16)11-20-18(19-6-2)22-14-7-9-23(10-8-14)17(24)13(3)4/h12-14H,5-11H2,1-4H3,(H2,19,20,22). The molecule has 140 valence electrons. The molecule has 1 aromatic rings. The van der Waals surface area contributed by atoms with E-state index in [4.69, 9.17) is 0 Å². The third-order valence-electron chi connectivity index (χ3n) is 4.29. The van der Waals surface area contributed by atoms with Crippen LogP contribution >= 0.6 is 11.3 Å². The molecule has 7 heteroatoms. The van der Waals surface area contributed by atoms with Crippen LogP contribution < -0.4 is 10.6 Å². The predicted octanol–water partition coefficient (Wildman–Crippen LogP) is 2.41. The minimum Gasteiger partial charge on any atom is -0.357 e. The van der Waals surface area contributed by atoms with Crippen LogP contribution in [0.4, 0.5) is 0 Å². The number of likely N-dealkylation sites (tertiary alicyclic amines) is 1. The Hall–Kier alpha value is -1.63. The quantitative estimate of drug-likeness (QED) is 0.600. The summed E-state index contributed by atoms with van der Waals surface area (Å²) in [6.07, 6.45) is 2.89. The molecule has 6 nitrogen and oxygen atoms in total. The maximum atomic E-state index is 12.1. The molecule has 0 aromatic carbocycles. The fourth-order valence-corrected chi connectivity index (χ4v) is 3.60. The van der Waals surface area contributed by atoms with Gasteiger partial charge in [0.2, 0.25) is 5.91 Å². The van der Waals surface area contributed by atoms with E-state index >= 15 is 0 Å². The maximum Gasteiger partial charge on any atom is 0.225 e. The lowest BCUT2D eigenvalue weighted by atomic mass is 10.0. The number of hydrogen-bond donors (Lipinski definition) is 2. The molecule has 1 aromatic heterocycles. The van der Waals surface area contributed by atoms with E-state index in [1.165, 1.54) is 0 Å². The number of aliphatic imine (C=N–C) groups is 1. The van der Waals surface area contributed by atoms with Gasteiger partial charge in [0.05, 0.1) is 17.2 Å². The van der Waals surface area contributed by atoms with Crippen LogP contribution in [0.5, 0.6) is 0 Å². The summed E-state index contributed by atoms with van der Waals surface area (Å²) in [5, 5.41) is 10.1. The number of aromatic nitrogens is 1. The van der Waals surface area contributed by atoms with Crippen molar-refractivity contribution in [3.05, 3.63) is 16.1 Å². The molecule has 0 spiro atoms. The van der Waals surface area contributed by atoms with Crippen molar-refractivity contribution in [1.29, 1.82) is 0 Å². The van der Waals surface area contributed by atoms with Gasteiger partial charge >= 0.3 is 0 Å². The van der Waals surface area contributed by atoms with Crippen LogP contribution in [0.3, 0.4) is 0 Å². The molecule has 1 aliphatic rings. The van der Waals surface area contributed by atoms with Gasteiger partial charge in [-0.2, -0.15) is 0 Å². The topological polar surface area (TPSA) is 69.6 Å². The van der Waals surface area contributed by atoms with E-state index in [0.29, 0.717) is 12.6 Å². The number of piperidine rings is 1. The van der Waals surface area contributed by atoms with Crippen molar-refractivity contribution in [3.63, 3.8) is 0 Å². The summed E-state index contributed by atoms with van der Waals surface area (Å²) >= 11 is 1.70. The molecular weight excluding hydrogens is 334 g/mol. The van der Waals surface area contributed by atoms with E-state index in [9.17, 15) is 4.79 Å². The third-order valence-corrected chi connectivity index (χ3v) is 5.33. The summed E-state index contributed by atoms with van der Waals surface area (Å²) in [6.45, 7) is 11.2. The second-order valence-electron chi connectivity index (χ2n) is 6.68. The molecule has 0 saturated carbocycles. The Bertz CT molecular complexity index is 576. The molecule has 0 bridgehead atoms. The number of aryl methyl sites for hydroxylation is 1. The summed E-state index contributed by atoms with van der Waals surface area (Å²) < 4.78 is 0. The van der Waals surface area contributed by atoms with Gasteiger partial charge in [-0.1, -0.05) is 20.8 Å². The van der Waals surface area contributed by atoms with Gasteiger partial charge in [-0.3, -0.25) is 4.79 Å². The minimum absolute atomic E-state index is 0.0783. The van der Waals surface area contributed by atoms with E-state index in [0.717, 1.165) is 55.6 Å². The van der Waals surface area contributed by atoms with Gasteiger partial charge in [-0.05, 0) is 26.2 Å². The normalized spacial score (nSPS) is 16.4. The number of thiazole rings is 1. The van der Waals surface area contributed by atoms with Gasteiger partial charge in [-0.25, -0.2) is 9.98 Å². The highest BCUT2D eigenvalue weighted by atomic mass is 32.1. The first-order valence-electron chi connectivity index (χ1n) is 9.30. The van der Waals surface area contributed by atoms with Crippen molar-refractivity contribution < 1.29 is 4.79 Å². The number of hydrogen-bond acceptors (Lipinski definition) is 4. The summed E-state index contributed by atoms with van der Waals surface area (Å²) in [5.74, 6) is 1.17. The first-order chi connectivity index (χ1) is 12.0. The molecule has 1 amide bonds. The molecule has 2 heterocycles. The highest BCUT2D eigenvalue weighted by Crippen LogP contribution is 2.14. The highest BCUT2D eigenvalue weighted by molar-refractivity contribution is 7.09. The molecule has 1 aliphatic heterocycles. The molecule has 2 rings (SSSR count). The lowest BCUT2D eigenvalue weighted by molar-refractivity contribution is -0.135. The van der Waals surface area contributed by atoms with Crippen LogP contribution in [0.15, 0.2) is 10.4 Å². The Morgan fingerprint density at radius 2 is 2.12 bits per heavy atom. The fraction of sp³-hybridized carbons (Fsp3) is 0.722. The number of amides is 1. The Morgan fingerprint density at radius 3 is 2.68 bits per heavy atom. The summed E-state index contributed by atoms with van der Waals surface area (Å²) in [6, 6.07) is 0.357. The number of carbonyl (C=O) groups excluding carboxylic acids is 1. The van der Waals surface area contributed by atoms with Gasteiger partial charge in [-0.15, -0.1) is 11.3 Å². The van der Waals surface area contributed by atoms with Gasteiger partial charge in [0.15, 0.2) is 5.96 Å². The zero-order valence-corrected chi connectivity index (χ0v) is 16.7. The van der Waals surface area contributed by atoms with E-state index in [1.807, 2.05) is 18.7 Å². The fourth-order valence-electron chi connectivity index (χ4n) is 2.87. The number of rotatable bonds is 6. The van der Waals surface area contributed by atoms with Crippen LogP contribution in [0.25, 0.3) is 0 Å². The molecule has 0 radical (unpaired) electrons. The molecule has 2 N–H and O–H groups in total. The monoisotopic (exact) mass is 365 g/mol. The van der Waals surface area contributed by atoms with Crippen molar-refractivity contribution in [2.75, 3.05) is 19.6 Å². The first-order valence-corrected chi connectivity index (χ1v) is 10.2. The zero-order valence-electron chi connectivity index (χ0n) is 15.8. The second kappa shape index (κ2) is 9.75. The smallest absolute Gasteiger partial charge is 0.225 e. The van der Waals surface area contributed by atoms with Crippen LogP contribution in [0.2, 0.25) is 0 Å². The van der Waals surface area contributed by atoms with Gasteiger partial charge in [0.1, 0.15) is 0 Å². The summed E-state index contributed by atoms with van der Waals surface area (Å²) in [7, 11) is 0. The third kappa shape index (κ3) is 5.99. The lowest BCUT2D eigenvalue weighted by Crippen LogP contribution is -2.50. The Kier molecular flexibility index (Phi) is 7.68. The van der Waals surface area contributed by atoms with Crippen LogP contribution in [0, 0.1) is 5.92 Å². The van der Waals surface area contributed by atoms with Crippen molar-refractivity contribution >= 4 is 23.2 Å². The number of carbonyl (C=O) groups is 1. The van der Waals surface area contributed by atoms with Crippen molar-refractivity contribution in [2.45, 2.75) is 59.5 Å². The highest BCUT2D eigenvalue weighted by Gasteiger charge is 2.24. The van der Waals surface area contributed by atoms with E-state index in [1.54, 1.807) is 11.3 Å². The average molecular weight is 366 g/mol. The van der Waals surface area contributed by atoms with Crippen LogP contribution in [-0.2, 0) is 17.8 Å². The molecule has 0 atom stereocenters. The van der Waals surface area contributed by atoms with Gasteiger partial charge in [0, 0.05) is 37.0 Å². The van der Waals surface area contributed by atoms with Crippen molar-refractivity contribution in [2.24, 2.45) is 10.9 Å². The van der Waals surface area contributed by atoms with Crippen LogP contribution in [-0.4, -0.2) is 47.4 Å². The van der Waals surface area contributed by atoms with E-state index < -0.39 is 0 Å². The van der Waals surface area contributed by atoms with Gasteiger partial charge in [0.25, 0.3) is 0 Å². The molecule has 1 saturated heterocycles. The molecule has 0 aliphatic carbocycles. The molecule has 0 unspecified atom stereocenters. The van der Waals surface area contributed by atoms with Crippen LogP contribution in [0.1, 0.15) is 51.2 Å². The predicted molar refractivity (Wildman–Crippen MR) is 104 cm³/mol. The summed E-state index contributed by atoms with van der Waals surface area (Å²) in [5.41, 5.74) is 1.02. The van der Waals surface area contributed by atoms with E-state index in [2.05, 4.69) is 39.8 Å². The average Bonchev–Trinajstić information content (AvgIpc) is 3.08. The number of guanidine groups is 1. The number of nitrogens with zero attached hydrogens (tertiary/aromatic N) is 3. The van der Waals surface area contributed by atoms with Crippen molar-refractivity contribution in [3.8, 4) is 0 Å². The molecular formula is C18H31N5OS. The van der Waals surface area contributed by atoms with E-state index in [-0.39, 0.29) is 11.8 Å². The molecule has 25 heavy (non-hydrogen) atoms. The van der Waals surface area contributed by atoms with Crippen molar-refractivity contribution in [1.82, 2.24) is 20.5 Å². The summed E-state index contributed by atoms with van der Waals surface area (Å²) in [4.78, 5) is 23.3. The Labute approximate surface area is 155 Å². The SMILES string of the molecule is CCNC(=NCc1csc(CC)n1)NC1CCN(C(=O)C(C)C)CC1. The molecule has 1 fully saturated rings. The second-order valence-corrected chi connectivity index (χ2v) is 7.62. The lowest BCUT2D eigenvalue weighted by Gasteiger charge is -2.34. The minimum atomic E-state index is 0.0783. The Balaban J connectivity index is 1.86.